The molecule has 2 N–H and O–H groups in total. The van der Waals surface area contributed by atoms with Gasteiger partial charge in [0.05, 0.1) is 60.7 Å². The maximum Gasteiger partial charge on any atom is 0.308 e. The normalized spacial score (nSPS) is 35.1. The Kier molecular flexibility index (Phi) is 12.6. The van der Waals surface area contributed by atoms with Crippen LogP contribution in [0.25, 0.3) is 0 Å². The number of methoxy groups -OCH3 is 1. The lowest BCUT2D eigenvalue weighted by Crippen LogP contribution is -2.49. The number of aliphatic hydroxyl groups excluding tert-OH is 2. The predicted octanol–water partition coefficient (Wildman–Crippen LogP) is 5.13. The third-order valence-corrected chi connectivity index (χ3v) is 15.4. The van der Waals surface area contributed by atoms with E-state index in [9.17, 15) is 15.0 Å². The smallest absolute Gasteiger partial charge is 0.308 e. The summed E-state index contributed by atoms with van der Waals surface area (Å²) in [5, 5.41) is 22.3. The lowest BCUT2D eigenvalue weighted by Gasteiger charge is -2.44. The van der Waals surface area contributed by atoms with Crippen molar-refractivity contribution in [2.45, 2.75) is 163 Å². The monoisotopic (exact) mass is 714 g/mol. The van der Waals surface area contributed by atoms with Crippen LogP contribution in [0.4, 0.5) is 0 Å². The van der Waals surface area contributed by atoms with Crippen LogP contribution in [0.3, 0.4) is 0 Å². The Labute approximate surface area is 262 Å². The van der Waals surface area contributed by atoms with E-state index in [0.717, 1.165) is 12.8 Å². The molecule has 3 rings (SSSR count). The second-order valence-electron chi connectivity index (χ2n) is 14.3. The summed E-state index contributed by atoms with van der Waals surface area (Å²) in [5.41, 5.74) is 0. The first kappa shape index (κ1) is 35.6. The van der Waals surface area contributed by atoms with Gasteiger partial charge in [0, 0.05) is 6.10 Å². The van der Waals surface area contributed by atoms with E-state index < -0.39 is 26.3 Å². The molecular weight excluding hydrogens is 659 g/mol. The molecule has 0 amide bonds. The van der Waals surface area contributed by atoms with Crippen LogP contribution in [0.2, 0.25) is 18.1 Å². The number of esters is 1. The van der Waals surface area contributed by atoms with Crippen LogP contribution < -0.4 is 0 Å². The highest BCUT2D eigenvalue weighted by molar-refractivity contribution is 14.1. The van der Waals surface area contributed by atoms with Gasteiger partial charge >= 0.3 is 5.97 Å². The zero-order valence-electron chi connectivity index (χ0n) is 26.6. The summed E-state index contributed by atoms with van der Waals surface area (Å²) in [7, 11) is -0.630. The van der Waals surface area contributed by atoms with Gasteiger partial charge in [0.2, 0.25) is 0 Å². The first-order chi connectivity index (χ1) is 18.9. The third kappa shape index (κ3) is 10.1. The molecule has 11 heteroatoms. The van der Waals surface area contributed by atoms with E-state index in [4.69, 9.17) is 28.1 Å². The van der Waals surface area contributed by atoms with Crippen LogP contribution in [-0.4, -0.2) is 96.8 Å². The summed E-state index contributed by atoms with van der Waals surface area (Å²) >= 11 is 2.28. The number of halogens is 1. The molecule has 0 aromatic rings. The summed E-state index contributed by atoms with van der Waals surface area (Å²) in [6.45, 7) is 17.4. The van der Waals surface area contributed by atoms with Gasteiger partial charge in [-0.05, 0) is 76.4 Å². The fraction of sp³-hybridized carbons (Fsp3) is 0.967. The number of carbonyl (C=O) groups is 1. The van der Waals surface area contributed by atoms with E-state index in [1.807, 2.05) is 13.8 Å². The summed E-state index contributed by atoms with van der Waals surface area (Å²) in [4.78, 5) is 12.1. The van der Waals surface area contributed by atoms with Crippen LogP contribution in [0.5, 0.6) is 0 Å². The van der Waals surface area contributed by atoms with Gasteiger partial charge in [0.1, 0.15) is 6.10 Å². The minimum Gasteiger partial charge on any atom is -0.469 e. The molecule has 10 atom stereocenters. The molecular formula is C30H55IO9Si. The van der Waals surface area contributed by atoms with Gasteiger partial charge < -0.3 is 38.3 Å². The molecule has 3 fully saturated rings. The van der Waals surface area contributed by atoms with Crippen LogP contribution in [0, 0.1) is 5.92 Å². The zero-order valence-corrected chi connectivity index (χ0v) is 29.7. The number of carbonyl (C=O) groups excluding carboxylic acids is 1. The van der Waals surface area contributed by atoms with Crippen molar-refractivity contribution in [3.8, 4) is 0 Å². The molecule has 9 nitrogen and oxygen atoms in total. The number of aliphatic hydroxyl groups is 2. The Morgan fingerprint density at radius 2 is 1.73 bits per heavy atom. The second kappa shape index (κ2) is 14.5. The maximum absolute atomic E-state index is 12.1. The lowest BCUT2D eigenvalue weighted by molar-refractivity contribution is -0.158. The van der Waals surface area contributed by atoms with Crippen molar-refractivity contribution in [2.75, 3.05) is 13.7 Å². The molecule has 3 heterocycles. The third-order valence-electron chi connectivity index (χ3n) is 9.35. The highest BCUT2D eigenvalue weighted by Crippen LogP contribution is 2.40. The molecule has 3 aliphatic heterocycles. The number of hydrogen-bond donors (Lipinski definition) is 2. The van der Waals surface area contributed by atoms with Gasteiger partial charge in [0.15, 0.2) is 14.1 Å². The fourth-order valence-corrected chi connectivity index (χ4v) is 8.22. The minimum absolute atomic E-state index is 0.0289. The molecule has 240 valence electrons. The van der Waals surface area contributed by atoms with Gasteiger partial charge in [-0.25, -0.2) is 0 Å². The molecule has 41 heavy (non-hydrogen) atoms. The Balaban J connectivity index is 1.59. The molecule has 0 spiro atoms. The van der Waals surface area contributed by atoms with Gasteiger partial charge in [-0.15, -0.1) is 0 Å². The Hall–Kier alpha value is 0.137. The number of alkyl halides is 1. The molecule has 3 aliphatic rings. The van der Waals surface area contributed by atoms with Crippen molar-refractivity contribution in [1.82, 2.24) is 0 Å². The average molecular weight is 715 g/mol. The fourth-order valence-electron chi connectivity index (χ4n) is 5.85. The Morgan fingerprint density at radius 1 is 1.07 bits per heavy atom. The first-order valence-corrected chi connectivity index (χ1v) is 19.4. The summed E-state index contributed by atoms with van der Waals surface area (Å²) < 4.78 is 35.9. The average Bonchev–Trinajstić information content (AvgIpc) is 3.22. The summed E-state index contributed by atoms with van der Waals surface area (Å²) in [6, 6.07) is 0. The maximum atomic E-state index is 12.1. The molecule has 0 radical (unpaired) electrons. The van der Waals surface area contributed by atoms with E-state index in [1.54, 1.807) is 0 Å². The number of hydrogen-bond acceptors (Lipinski definition) is 9. The molecule has 3 saturated heterocycles. The number of ether oxygens (including phenoxy) is 5. The highest BCUT2D eigenvalue weighted by atomic mass is 127. The van der Waals surface area contributed by atoms with E-state index in [1.165, 1.54) is 7.11 Å². The molecule has 0 aliphatic carbocycles. The van der Waals surface area contributed by atoms with E-state index in [-0.39, 0.29) is 58.0 Å². The summed E-state index contributed by atoms with van der Waals surface area (Å²) in [6.07, 6.45) is 1.73. The molecule has 0 aromatic heterocycles. The predicted molar refractivity (Wildman–Crippen MR) is 168 cm³/mol. The van der Waals surface area contributed by atoms with E-state index in [2.05, 4.69) is 63.4 Å². The molecule has 0 bridgehead atoms. The lowest BCUT2D eigenvalue weighted by atomic mass is 9.87. The van der Waals surface area contributed by atoms with Crippen molar-refractivity contribution in [2.24, 2.45) is 5.92 Å². The number of rotatable bonds is 11. The van der Waals surface area contributed by atoms with E-state index in [0.29, 0.717) is 38.2 Å². The summed E-state index contributed by atoms with van der Waals surface area (Å²) in [5.74, 6) is -0.699. The highest BCUT2D eigenvalue weighted by Gasteiger charge is 2.45. The topological polar surface area (TPSA) is 113 Å². The van der Waals surface area contributed by atoms with Gasteiger partial charge in [0.25, 0.3) is 0 Å². The SMILES string of the molecule is COC(=O)C[C@H]1C[C@H](O[Si](C)(C)C(C)(C)C)C[C@@H](C[C@H](O)C[C@H]2O[C@@H]([C@@H](I)[C@@H](O)[C@H]3COC(C)(C)O3)CC[C@@H]2C)O1. The van der Waals surface area contributed by atoms with Crippen molar-refractivity contribution in [3.05, 3.63) is 0 Å². The van der Waals surface area contributed by atoms with Crippen LogP contribution in [0.15, 0.2) is 0 Å². The molecule has 0 unspecified atom stereocenters. The Bertz CT molecular complexity index is 850. The molecule has 0 saturated carbocycles. The van der Waals surface area contributed by atoms with Gasteiger partial charge in [-0.1, -0.05) is 50.3 Å². The molecule has 0 aromatic carbocycles. The first-order valence-electron chi connectivity index (χ1n) is 15.3. The van der Waals surface area contributed by atoms with Gasteiger partial charge in [-0.3, -0.25) is 4.79 Å². The zero-order chi connectivity index (χ0) is 30.8. The van der Waals surface area contributed by atoms with Crippen LogP contribution >= 0.6 is 22.6 Å². The van der Waals surface area contributed by atoms with Crippen molar-refractivity contribution in [3.63, 3.8) is 0 Å². The largest absolute Gasteiger partial charge is 0.469 e. The second-order valence-corrected chi connectivity index (χ2v) is 20.5. The van der Waals surface area contributed by atoms with Crippen LogP contribution in [-0.2, 0) is 32.9 Å². The van der Waals surface area contributed by atoms with Crippen molar-refractivity contribution < 1.29 is 43.1 Å². The van der Waals surface area contributed by atoms with E-state index >= 15 is 0 Å². The van der Waals surface area contributed by atoms with Gasteiger partial charge in [-0.2, -0.15) is 0 Å². The quantitative estimate of drug-likeness (QED) is 0.130. The van der Waals surface area contributed by atoms with Crippen molar-refractivity contribution >= 4 is 36.9 Å². The minimum atomic E-state index is -2.02. The van der Waals surface area contributed by atoms with Crippen molar-refractivity contribution in [1.29, 1.82) is 0 Å². The standard InChI is InChI=1S/C30H55IO9Si/c1-18-10-11-23(27(31)28(34)25-17-36-30(5,6)39-25)38-24(18)13-19(32)12-20-14-22(40-41(8,9)29(2,3)4)15-21(37-20)16-26(33)35-7/h18-25,27-28,32,34H,10-17H2,1-9H3/t18-,19-,20+,21+,22+,23+,24+,25+,27+,28-/m0/s1. The Morgan fingerprint density at radius 3 is 2.32 bits per heavy atom. The van der Waals surface area contributed by atoms with Crippen LogP contribution in [0.1, 0.15) is 86.5 Å².